The lowest BCUT2D eigenvalue weighted by Crippen LogP contribution is -2.30. The van der Waals surface area contributed by atoms with Crippen LogP contribution >= 0.6 is 0 Å². The third-order valence-corrected chi connectivity index (χ3v) is 3.57. The molecule has 0 spiro atoms. The van der Waals surface area contributed by atoms with Crippen LogP contribution < -0.4 is 5.73 Å². The standard InChI is InChI=1S/C15H31NO2/c1-3-5-7-9-11-13(10-8-6-4-2)12-14(17)15(16)18/h13-14,17H,3-12H2,1-2H3,(H2,16,18)/t13?,14-/m0/s1. The first-order chi connectivity index (χ1) is 8.61. The summed E-state index contributed by atoms with van der Waals surface area (Å²) in [7, 11) is 0. The Morgan fingerprint density at radius 2 is 1.50 bits per heavy atom. The van der Waals surface area contributed by atoms with E-state index >= 15 is 0 Å². The van der Waals surface area contributed by atoms with Crippen molar-refractivity contribution < 1.29 is 9.90 Å². The fourth-order valence-electron chi connectivity index (χ4n) is 2.35. The lowest BCUT2D eigenvalue weighted by atomic mass is 9.89. The number of hydrogen-bond donors (Lipinski definition) is 2. The van der Waals surface area contributed by atoms with Crippen molar-refractivity contribution in [1.82, 2.24) is 0 Å². The molecule has 1 amide bonds. The monoisotopic (exact) mass is 257 g/mol. The zero-order chi connectivity index (χ0) is 13.8. The molecule has 0 saturated carbocycles. The first-order valence-electron chi connectivity index (χ1n) is 7.59. The molecule has 0 bridgehead atoms. The number of unbranched alkanes of at least 4 members (excludes halogenated alkanes) is 5. The Kier molecular flexibility index (Phi) is 11.2. The summed E-state index contributed by atoms with van der Waals surface area (Å²) in [6.07, 6.45) is 10.4. The molecule has 0 aliphatic carbocycles. The number of aliphatic hydroxyl groups is 1. The van der Waals surface area contributed by atoms with Crippen LogP contribution in [0.5, 0.6) is 0 Å². The fraction of sp³-hybridized carbons (Fsp3) is 0.933. The Morgan fingerprint density at radius 1 is 1.00 bits per heavy atom. The minimum atomic E-state index is -0.956. The van der Waals surface area contributed by atoms with Crippen LogP contribution in [-0.4, -0.2) is 17.1 Å². The molecule has 108 valence electrons. The maximum absolute atomic E-state index is 10.9. The van der Waals surface area contributed by atoms with Crippen molar-refractivity contribution in [2.45, 2.75) is 84.2 Å². The Morgan fingerprint density at radius 3 is 2.00 bits per heavy atom. The molecule has 0 aromatic rings. The smallest absolute Gasteiger partial charge is 0.246 e. The third-order valence-electron chi connectivity index (χ3n) is 3.57. The molecule has 2 atom stereocenters. The Labute approximate surface area is 112 Å². The number of aliphatic hydroxyl groups excluding tert-OH is 1. The van der Waals surface area contributed by atoms with Crippen molar-refractivity contribution >= 4 is 5.91 Å². The number of nitrogens with two attached hydrogens (primary N) is 1. The SMILES string of the molecule is CCCCCCC(CCCCC)C[C@H](O)C(N)=O. The second-order valence-electron chi connectivity index (χ2n) is 5.37. The second-order valence-corrected chi connectivity index (χ2v) is 5.37. The van der Waals surface area contributed by atoms with Gasteiger partial charge in [0.25, 0.3) is 0 Å². The first-order valence-corrected chi connectivity index (χ1v) is 7.59. The van der Waals surface area contributed by atoms with Gasteiger partial charge in [0.2, 0.25) is 5.91 Å². The van der Waals surface area contributed by atoms with Crippen molar-refractivity contribution in [2.24, 2.45) is 11.7 Å². The van der Waals surface area contributed by atoms with Gasteiger partial charge in [-0.05, 0) is 12.3 Å². The Bertz CT molecular complexity index is 207. The van der Waals surface area contributed by atoms with Crippen molar-refractivity contribution in [3.05, 3.63) is 0 Å². The summed E-state index contributed by atoms with van der Waals surface area (Å²) in [6.45, 7) is 4.39. The summed E-state index contributed by atoms with van der Waals surface area (Å²) in [4.78, 5) is 10.9. The van der Waals surface area contributed by atoms with Crippen LogP contribution in [0.4, 0.5) is 0 Å². The van der Waals surface area contributed by atoms with E-state index in [0.717, 1.165) is 12.8 Å². The third kappa shape index (κ3) is 9.46. The summed E-state index contributed by atoms with van der Waals surface area (Å²) < 4.78 is 0. The number of hydrogen-bond acceptors (Lipinski definition) is 2. The van der Waals surface area contributed by atoms with E-state index in [1.54, 1.807) is 0 Å². The van der Waals surface area contributed by atoms with Gasteiger partial charge in [0.15, 0.2) is 0 Å². The Hall–Kier alpha value is -0.570. The van der Waals surface area contributed by atoms with Crippen molar-refractivity contribution in [3.8, 4) is 0 Å². The van der Waals surface area contributed by atoms with Gasteiger partial charge in [-0.15, -0.1) is 0 Å². The van der Waals surface area contributed by atoms with E-state index in [1.807, 2.05) is 0 Å². The van der Waals surface area contributed by atoms with Gasteiger partial charge < -0.3 is 10.8 Å². The zero-order valence-corrected chi connectivity index (χ0v) is 12.2. The van der Waals surface area contributed by atoms with Crippen molar-refractivity contribution in [1.29, 1.82) is 0 Å². The van der Waals surface area contributed by atoms with Crippen molar-refractivity contribution in [3.63, 3.8) is 0 Å². The van der Waals surface area contributed by atoms with Gasteiger partial charge in [0.05, 0.1) is 0 Å². The van der Waals surface area contributed by atoms with E-state index in [2.05, 4.69) is 13.8 Å². The van der Waals surface area contributed by atoms with Gasteiger partial charge in [0, 0.05) is 0 Å². The van der Waals surface area contributed by atoms with Crippen LogP contribution in [0.2, 0.25) is 0 Å². The van der Waals surface area contributed by atoms with E-state index in [-0.39, 0.29) is 0 Å². The lowest BCUT2D eigenvalue weighted by Gasteiger charge is -2.18. The molecule has 0 aromatic carbocycles. The van der Waals surface area contributed by atoms with Crippen molar-refractivity contribution in [2.75, 3.05) is 0 Å². The largest absolute Gasteiger partial charge is 0.383 e. The predicted molar refractivity (Wildman–Crippen MR) is 76.2 cm³/mol. The number of rotatable bonds is 12. The molecule has 0 heterocycles. The highest BCUT2D eigenvalue weighted by Gasteiger charge is 2.17. The highest BCUT2D eigenvalue weighted by atomic mass is 16.3. The van der Waals surface area contributed by atoms with E-state index in [4.69, 9.17) is 5.73 Å². The molecule has 3 N–H and O–H groups in total. The maximum atomic E-state index is 10.9. The van der Waals surface area contributed by atoms with Gasteiger partial charge in [-0.2, -0.15) is 0 Å². The molecule has 0 rings (SSSR count). The number of amides is 1. The number of carbonyl (C=O) groups is 1. The number of primary amides is 1. The summed E-state index contributed by atoms with van der Waals surface area (Å²) in [5, 5.41) is 9.58. The van der Waals surface area contributed by atoms with Gasteiger partial charge in [-0.3, -0.25) is 4.79 Å². The first kappa shape index (κ1) is 17.4. The summed E-state index contributed by atoms with van der Waals surface area (Å²) in [5.41, 5.74) is 5.13. The summed E-state index contributed by atoms with van der Waals surface area (Å²) in [6, 6.07) is 0. The molecular formula is C15H31NO2. The zero-order valence-electron chi connectivity index (χ0n) is 12.2. The molecule has 0 saturated heterocycles. The van der Waals surface area contributed by atoms with Crippen LogP contribution in [0.3, 0.4) is 0 Å². The summed E-state index contributed by atoms with van der Waals surface area (Å²) in [5.74, 6) is -0.125. The molecule has 3 nitrogen and oxygen atoms in total. The normalized spacial score (nSPS) is 14.4. The molecule has 0 radical (unpaired) electrons. The van der Waals surface area contributed by atoms with E-state index < -0.39 is 12.0 Å². The van der Waals surface area contributed by atoms with Crippen LogP contribution in [0.25, 0.3) is 0 Å². The average Bonchev–Trinajstić information content (AvgIpc) is 2.34. The maximum Gasteiger partial charge on any atom is 0.246 e. The van der Waals surface area contributed by atoms with Crippen LogP contribution in [-0.2, 0) is 4.79 Å². The molecule has 0 aliphatic rings. The van der Waals surface area contributed by atoms with E-state index in [9.17, 15) is 9.90 Å². The molecule has 0 fully saturated rings. The van der Waals surface area contributed by atoms with Crippen LogP contribution in [0.15, 0.2) is 0 Å². The minimum absolute atomic E-state index is 0.455. The van der Waals surface area contributed by atoms with Crippen LogP contribution in [0.1, 0.15) is 78.1 Å². The fourth-order valence-corrected chi connectivity index (χ4v) is 2.35. The quantitative estimate of drug-likeness (QED) is 0.526. The van der Waals surface area contributed by atoms with E-state index in [1.165, 1.54) is 44.9 Å². The Balaban J connectivity index is 3.94. The topological polar surface area (TPSA) is 63.3 Å². The second kappa shape index (κ2) is 11.5. The highest BCUT2D eigenvalue weighted by molar-refractivity contribution is 5.78. The van der Waals surface area contributed by atoms with Gasteiger partial charge in [0.1, 0.15) is 6.10 Å². The minimum Gasteiger partial charge on any atom is -0.383 e. The van der Waals surface area contributed by atoms with Gasteiger partial charge >= 0.3 is 0 Å². The molecule has 0 aromatic heterocycles. The molecular weight excluding hydrogens is 226 g/mol. The summed E-state index contributed by atoms with van der Waals surface area (Å²) >= 11 is 0. The van der Waals surface area contributed by atoms with Gasteiger partial charge in [-0.25, -0.2) is 0 Å². The molecule has 0 aliphatic heterocycles. The molecule has 18 heavy (non-hydrogen) atoms. The lowest BCUT2D eigenvalue weighted by molar-refractivity contribution is -0.126. The molecule has 3 heteroatoms. The van der Waals surface area contributed by atoms with E-state index in [0.29, 0.717) is 12.3 Å². The predicted octanol–water partition coefficient (Wildman–Crippen LogP) is 3.39. The average molecular weight is 257 g/mol. The number of carbonyl (C=O) groups excluding carboxylic acids is 1. The highest BCUT2D eigenvalue weighted by Crippen LogP contribution is 2.22. The molecule has 1 unspecified atom stereocenters. The van der Waals surface area contributed by atoms with Gasteiger partial charge in [-0.1, -0.05) is 71.6 Å². The van der Waals surface area contributed by atoms with Crippen LogP contribution in [0, 0.1) is 5.92 Å².